The highest BCUT2D eigenvalue weighted by atomic mass is 79.9. The van der Waals surface area contributed by atoms with E-state index in [0.29, 0.717) is 16.4 Å². The molecule has 0 aliphatic heterocycles. The lowest BCUT2D eigenvalue weighted by molar-refractivity contribution is 0.606. The van der Waals surface area contributed by atoms with E-state index in [1.165, 1.54) is 4.68 Å². The molecule has 18 heavy (non-hydrogen) atoms. The zero-order valence-corrected chi connectivity index (χ0v) is 12.2. The van der Waals surface area contributed by atoms with Gasteiger partial charge in [-0.15, -0.1) is 0 Å². The van der Waals surface area contributed by atoms with Gasteiger partial charge in [0, 0.05) is 12.4 Å². The number of hydrogen-bond acceptors (Lipinski definition) is 3. The molecule has 0 atom stereocenters. The molecule has 2 aromatic rings. The Balaban J connectivity index is 2.52. The number of hydrogen-bond donors (Lipinski definition) is 1. The second kappa shape index (κ2) is 5.29. The van der Waals surface area contributed by atoms with Crippen LogP contribution in [0.15, 0.2) is 36.7 Å². The molecule has 0 aliphatic rings. The quantitative estimate of drug-likeness (QED) is 0.862. The van der Waals surface area contributed by atoms with Crippen LogP contribution < -0.4 is 4.72 Å². The molecule has 0 amide bonds. The van der Waals surface area contributed by atoms with Crippen LogP contribution in [0.1, 0.15) is 0 Å². The molecule has 8 heteroatoms. The number of aromatic nitrogens is 2. The largest absolute Gasteiger partial charge is 0.281 e. The van der Waals surface area contributed by atoms with Crippen LogP contribution in [0.25, 0.3) is 5.69 Å². The molecule has 0 radical (unpaired) electrons. The van der Waals surface area contributed by atoms with Gasteiger partial charge < -0.3 is 0 Å². The van der Waals surface area contributed by atoms with Crippen molar-refractivity contribution in [1.82, 2.24) is 9.78 Å². The predicted octanol–water partition coefficient (Wildman–Crippen LogP) is 2.62. The summed E-state index contributed by atoms with van der Waals surface area (Å²) in [6.45, 7) is 0. The average Bonchev–Trinajstić information content (AvgIpc) is 2.82. The SMILES string of the molecule is O=S(=O)(CBr)Nc1cccc(Cl)c1-n1cccn1. The monoisotopic (exact) mass is 349 g/mol. The van der Waals surface area contributed by atoms with Crippen LogP contribution in [0.4, 0.5) is 5.69 Å². The third-order valence-electron chi connectivity index (χ3n) is 2.13. The number of nitrogens with zero attached hydrogens (tertiary/aromatic N) is 2. The van der Waals surface area contributed by atoms with Crippen molar-refractivity contribution in [1.29, 1.82) is 0 Å². The number of nitrogens with one attached hydrogen (secondary N) is 1. The summed E-state index contributed by atoms with van der Waals surface area (Å²) in [5, 5.41) is 4.46. The fraction of sp³-hybridized carbons (Fsp3) is 0.100. The normalized spacial score (nSPS) is 11.4. The average molecular weight is 351 g/mol. The Bertz CT molecular complexity index is 643. The number of rotatable bonds is 4. The van der Waals surface area contributed by atoms with Gasteiger partial charge in [0.2, 0.25) is 10.0 Å². The number of alkyl halides is 1. The molecule has 0 unspecified atom stereocenters. The third kappa shape index (κ3) is 2.85. The summed E-state index contributed by atoms with van der Waals surface area (Å²) in [4.78, 5) is 0. The molecule has 0 saturated heterocycles. The lowest BCUT2D eigenvalue weighted by atomic mass is 10.3. The summed E-state index contributed by atoms with van der Waals surface area (Å²) in [6.07, 6.45) is 3.28. The Kier molecular flexibility index (Phi) is 3.94. The molecule has 1 aromatic carbocycles. The summed E-state index contributed by atoms with van der Waals surface area (Å²) in [5.74, 6) is 0. The standard InChI is InChI=1S/C10H9BrClN3O2S/c11-7-18(16,17)14-9-4-1-3-8(12)10(9)15-6-2-5-13-15/h1-6,14H,7H2. The smallest absolute Gasteiger partial charge is 0.242 e. The van der Waals surface area contributed by atoms with Crippen LogP contribution in [0.2, 0.25) is 5.02 Å². The Hall–Kier alpha value is -1.05. The lowest BCUT2D eigenvalue weighted by Gasteiger charge is -2.12. The molecular weight excluding hydrogens is 342 g/mol. The summed E-state index contributed by atoms with van der Waals surface area (Å²) >= 11 is 9.00. The van der Waals surface area contributed by atoms with Crippen LogP contribution in [0.5, 0.6) is 0 Å². The molecule has 96 valence electrons. The van der Waals surface area contributed by atoms with E-state index < -0.39 is 10.0 Å². The van der Waals surface area contributed by atoms with Crippen molar-refractivity contribution < 1.29 is 8.42 Å². The molecule has 0 aliphatic carbocycles. The van der Waals surface area contributed by atoms with Crippen LogP contribution >= 0.6 is 27.5 Å². The van der Waals surface area contributed by atoms with E-state index in [2.05, 4.69) is 25.8 Å². The number of benzene rings is 1. The zero-order valence-electron chi connectivity index (χ0n) is 9.05. The fourth-order valence-electron chi connectivity index (χ4n) is 1.43. The maximum Gasteiger partial charge on any atom is 0.242 e. The Morgan fingerprint density at radius 3 is 2.78 bits per heavy atom. The number of para-hydroxylation sites is 1. The second-order valence-electron chi connectivity index (χ2n) is 3.41. The molecule has 0 fully saturated rings. The number of anilines is 1. The Labute approximate surface area is 118 Å². The van der Waals surface area contributed by atoms with Gasteiger partial charge in [0.25, 0.3) is 0 Å². The first kappa shape index (κ1) is 13.4. The summed E-state index contributed by atoms with van der Waals surface area (Å²) in [5.41, 5.74) is 0.874. The third-order valence-corrected chi connectivity index (χ3v) is 5.06. The van der Waals surface area contributed by atoms with E-state index in [-0.39, 0.29) is 4.66 Å². The molecule has 1 aromatic heterocycles. The van der Waals surface area contributed by atoms with Crippen LogP contribution in [-0.4, -0.2) is 22.9 Å². The van der Waals surface area contributed by atoms with Gasteiger partial charge in [0.05, 0.1) is 10.7 Å². The predicted molar refractivity (Wildman–Crippen MR) is 74.9 cm³/mol. The van der Waals surface area contributed by atoms with E-state index >= 15 is 0 Å². The van der Waals surface area contributed by atoms with Crippen molar-refractivity contribution in [3.05, 3.63) is 41.7 Å². The molecule has 0 saturated carbocycles. The molecule has 5 nitrogen and oxygen atoms in total. The van der Waals surface area contributed by atoms with E-state index in [9.17, 15) is 8.42 Å². The molecule has 0 spiro atoms. The highest BCUT2D eigenvalue weighted by molar-refractivity contribution is 9.10. The van der Waals surface area contributed by atoms with Gasteiger partial charge in [-0.25, -0.2) is 13.1 Å². The summed E-state index contributed by atoms with van der Waals surface area (Å²) in [6, 6.07) is 6.70. The topological polar surface area (TPSA) is 64.0 Å². The fourth-order valence-corrected chi connectivity index (χ4v) is 2.59. The molecular formula is C10H9BrClN3O2S. The van der Waals surface area contributed by atoms with Gasteiger partial charge >= 0.3 is 0 Å². The minimum Gasteiger partial charge on any atom is -0.281 e. The van der Waals surface area contributed by atoms with Crippen molar-refractivity contribution in [2.75, 3.05) is 9.38 Å². The van der Waals surface area contributed by atoms with E-state index in [4.69, 9.17) is 11.6 Å². The van der Waals surface area contributed by atoms with Crippen molar-refractivity contribution in [3.63, 3.8) is 0 Å². The van der Waals surface area contributed by atoms with Gasteiger partial charge in [-0.2, -0.15) is 5.10 Å². The van der Waals surface area contributed by atoms with Crippen LogP contribution in [0.3, 0.4) is 0 Å². The Morgan fingerprint density at radius 1 is 1.39 bits per heavy atom. The summed E-state index contributed by atoms with van der Waals surface area (Å²) in [7, 11) is -3.44. The van der Waals surface area contributed by atoms with Crippen molar-refractivity contribution in [2.24, 2.45) is 0 Å². The first-order chi connectivity index (χ1) is 8.53. The maximum atomic E-state index is 11.6. The van der Waals surface area contributed by atoms with Gasteiger partial charge in [0.15, 0.2) is 0 Å². The van der Waals surface area contributed by atoms with Crippen molar-refractivity contribution >= 4 is 43.2 Å². The number of sulfonamides is 1. The first-order valence-corrected chi connectivity index (χ1v) is 8.03. The van der Waals surface area contributed by atoms with Crippen molar-refractivity contribution in [2.45, 2.75) is 0 Å². The van der Waals surface area contributed by atoms with Crippen LogP contribution in [0, 0.1) is 0 Å². The van der Waals surface area contributed by atoms with E-state index in [0.717, 1.165) is 0 Å². The zero-order chi connectivity index (χ0) is 13.2. The molecule has 1 heterocycles. The minimum absolute atomic E-state index is 0.189. The molecule has 1 N–H and O–H groups in total. The van der Waals surface area contributed by atoms with Gasteiger partial charge in [-0.1, -0.05) is 33.6 Å². The van der Waals surface area contributed by atoms with Crippen molar-refractivity contribution in [3.8, 4) is 5.69 Å². The second-order valence-corrected chi connectivity index (χ2v) is 6.85. The van der Waals surface area contributed by atoms with Gasteiger partial charge in [-0.3, -0.25) is 4.72 Å². The number of halogens is 2. The van der Waals surface area contributed by atoms with E-state index in [1.54, 1.807) is 36.7 Å². The first-order valence-electron chi connectivity index (χ1n) is 4.88. The molecule has 0 bridgehead atoms. The summed E-state index contributed by atoms with van der Waals surface area (Å²) < 4.78 is 26.9. The van der Waals surface area contributed by atoms with Gasteiger partial charge in [0.1, 0.15) is 10.3 Å². The lowest BCUT2D eigenvalue weighted by Crippen LogP contribution is -2.15. The van der Waals surface area contributed by atoms with Gasteiger partial charge in [-0.05, 0) is 18.2 Å². The highest BCUT2D eigenvalue weighted by Gasteiger charge is 2.14. The van der Waals surface area contributed by atoms with E-state index in [1.807, 2.05) is 0 Å². The minimum atomic E-state index is -3.44. The maximum absolute atomic E-state index is 11.6. The molecule has 2 rings (SSSR count). The Morgan fingerprint density at radius 2 is 2.17 bits per heavy atom. The van der Waals surface area contributed by atoms with Crippen LogP contribution in [-0.2, 0) is 10.0 Å². The highest BCUT2D eigenvalue weighted by Crippen LogP contribution is 2.28.